The van der Waals surface area contributed by atoms with Crippen LogP contribution in [0.15, 0.2) is 24.3 Å². The molecule has 0 unspecified atom stereocenters. The summed E-state index contributed by atoms with van der Waals surface area (Å²) in [5.41, 5.74) is 2.07. The Bertz CT molecular complexity index is 397. The van der Waals surface area contributed by atoms with E-state index >= 15 is 0 Å². The predicted octanol–water partition coefficient (Wildman–Crippen LogP) is 3.94. The first-order valence-corrected chi connectivity index (χ1v) is 7.38. The number of benzene rings is 1. The van der Waals surface area contributed by atoms with Crippen LogP contribution >= 0.6 is 11.6 Å². The Morgan fingerprint density at radius 2 is 1.63 bits per heavy atom. The third-order valence-electron chi connectivity index (χ3n) is 3.40. The molecule has 0 radical (unpaired) electrons. The zero-order valence-electron chi connectivity index (χ0n) is 11.1. The van der Waals surface area contributed by atoms with Gasteiger partial charge in [0.05, 0.1) is 0 Å². The number of hydrogen-bond acceptors (Lipinski definition) is 2. The van der Waals surface area contributed by atoms with Gasteiger partial charge in [-0.3, -0.25) is 0 Å². The molecule has 1 amide bonds. The van der Waals surface area contributed by atoms with Gasteiger partial charge >= 0.3 is 6.09 Å². The highest BCUT2D eigenvalue weighted by molar-refractivity contribution is 6.17. The normalized spacial score (nSPS) is 15.9. The Hall–Kier alpha value is -1.22. The number of carbonyl (C=O) groups is 1. The summed E-state index contributed by atoms with van der Waals surface area (Å²) in [7, 11) is 0. The molecule has 1 saturated heterocycles. The molecule has 2 rings (SSSR count). The van der Waals surface area contributed by atoms with Crippen molar-refractivity contribution in [2.45, 2.75) is 38.2 Å². The molecule has 1 aliphatic rings. The van der Waals surface area contributed by atoms with Gasteiger partial charge in [0, 0.05) is 19.0 Å². The molecule has 0 saturated carbocycles. The van der Waals surface area contributed by atoms with Crippen LogP contribution in [0.5, 0.6) is 0 Å². The van der Waals surface area contributed by atoms with E-state index in [0.717, 1.165) is 37.1 Å². The molecular formula is C15H20ClNO2. The minimum absolute atomic E-state index is 0.191. The maximum Gasteiger partial charge on any atom is 0.410 e. The first kappa shape index (κ1) is 14.2. The number of carbonyl (C=O) groups excluding carboxylic acids is 1. The molecule has 4 heteroatoms. The van der Waals surface area contributed by atoms with E-state index in [4.69, 9.17) is 16.3 Å². The Morgan fingerprint density at radius 3 is 2.21 bits per heavy atom. The van der Waals surface area contributed by atoms with Crippen LogP contribution in [0.4, 0.5) is 4.79 Å². The van der Waals surface area contributed by atoms with Crippen LogP contribution in [0.25, 0.3) is 0 Å². The molecule has 19 heavy (non-hydrogen) atoms. The number of hydrogen-bond donors (Lipinski definition) is 0. The summed E-state index contributed by atoms with van der Waals surface area (Å²) in [4.78, 5) is 13.7. The molecule has 1 aromatic carbocycles. The number of likely N-dealkylation sites (tertiary alicyclic amines) is 1. The van der Waals surface area contributed by atoms with Crippen molar-refractivity contribution in [3.8, 4) is 0 Å². The summed E-state index contributed by atoms with van der Waals surface area (Å²) >= 11 is 5.73. The fourth-order valence-electron chi connectivity index (χ4n) is 2.21. The van der Waals surface area contributed by atoms with E-state index in [1.165, 1.54) is 12.8 Å². The summed E-state index contributed by atoms with van der Waals surface area (Å²) in [6.07, 6.45) is 4.40. The van der Waals surface area contributed by atoms with Crippen molar-refractivity contribution in [3.05, 3.63) is 35.4 Å². The number of nitrogens with zero attached hydrogens (tertiary/aromatic N) is 1. The third-order valence-corrected chi connectivity index (χ3v) is 3.71. The average molecular weight is 282 g/mol. The number of rotatable bonds is 3. The maximum atomic E-state index is 11.9. The van der Waals surface area contributed by atoms with Crippen molar-refractivity contribution in [2.24, 2.45) is 0 Å². The number of alkyl halides is 1. The molecule has 0 atom stereocenters. The van der Waals surface area contributed by atoms with Gasteiger partial charge < -0.3 is 9.64 Å². The van der Waals surface area contributed by atoms with Gasteiger partial charge in [0.1, 0.15) is 6.61 Å². The minimum atomic E-state index is -0.191. The molecular weight excluding hydrogens is 262 g/mol. The van der Waals surface area contributed by atoms with Gasteiger partial charge in [-0.1, -0.05) is 37.1 Å². The van der Waals surface area contributed by atoms with Crippen LogP contribution in [0, 0.1) is 0 Å². The van der Waals surface area contributed by atoms with Gasteiger partial charge in [0.15, 0.2) is 0 Å². The number of amides is 1. The molecule has 0 N–H and O–H groups in total. The van der Waals surface area contributed by atoms with Crippen LogP contribution in [0.3, 0.4) is 0 Å². The summed E-state index contributed by atoms with van der Waals surface area (Å²) in [6, 6.07) is 7.82. The smallest absolute Gasteiger partial charge is 0.410 e. The topological polar surface area (TPSA) is 29.5 Å². The lowest BCUT2D eigenvalue weighted by molar-refractivity contribution is 0.0974. The highest BCUT2D eigenvalue weighted by atomic mass is 35.5. The van der Waals surface area contributed by atoms with E-state index in [9.17, 15) is 4.79 Å². The second kappa shape index (κ2) is 7.39. The zero-order valence-corrected chi connectivity index (χ0v) is 11.9. The van der Waals surface area contributed by atoms with Gasteiger partial charge in [0.25, 0.3) is 0 Å². The molecule has 0 aliphatic carbocycles. The molecule has 1 aliphatic heterocycles. The van der Waals surface area contributed by atoms with Gasteiger partial charge in [-0.05, 0) is 24.0 Å². The predicted molar refractivity (Wildman–Crippen MR) is 76.2 cm³/mol. The van der Waals surface area contributed by atoms with E-state index in [1.54, 1.807) is 0 Å². The molecule has 0 aromatic heterocycles. The van der Waals surface area contributed by atoms with Crippen molar-refractivity contribution in [3.63, 3.8) is 0 Å². The molecule has 104 valence electrons. The largest absolute Gasteiger partial charge is 0.445 e. The minimum Gasteiger partial charge on any atom is -0.445 e. The monoisotopic (exact) mass is 281 g/mol. The quantitative estimate of drug-likeness (QED) is 0.786. The number of halogens is 1. The van der Waals surface area contributed by atoms with Gasteiger partial charge in [-0.2, -0.15) is 0 Å². The Kier molecular flexibility index (Phi) is 5.52. The summed E-state index contributed by atoms with van der Waals surface area (Å²) in [5.74, 6) is 0.508. The van der Waals surface area contributed by atoms with Crippen LogP contribution < -0.4 is 0 Å². The zero-order chi connectivity index (χ0) is 13.5. The Balaban J connectivity index is 1.81. The van der Waals surface area contributed by atoms with E-state index in [-0.39, 0.29) is 6.09 Å². The lowest BCUT2D eigenvalue weighted by Gasteiger charge is -2.19. The van der Waals surface area contributed by atoms with E-state index < -0.39 is 0 Å². The molecule has 3 nitrogen and oxygen atoms in total. The summed E-state index contributed by atoms with van der Waals surface area (Å²) < 4.78 is 5.35. The van der Waals surface area contributed by atoms with Gasteiger partial charge in [-0.25, -0.2) is 4.79 Å². The lowest BCUT2D eigenvalue weighted by Crippen LogP contribution is -2.32. The van der Waals surface area contributed by atoms with Crippen molar-refractivity contribution in [1.82, 2.24) is 4.90 Å². The van der Waals surface area contributed by atoms with Crippen molar-refractivity contribution in [2.75, 3.05) is 13.1 Å². The Labute approximate surface area is 119 Å². The van der Waals surface area contributed by atoms with Crippen LogP contribution in [-0.4, -0.2) is 24.1 Å². The van der Waals surface area contributed by atoms with Crippen molar-refractivity contribution in [1.29, 1.82) is 0 Å². The molecule has 1 fully saturated rings. The highest BCUT2D eigenvalue weighted by Gasteiger charge is 2.16. The molecule has 1 heterocycles. The fraction of sp³-hybridized carbons (Fsp3) is 0.533. The first-order chi connectivity index (χ1) is 9.29. The van der Waals surface area contributed by atoms with Crippen LogP contribution in [0.1, 0.15) is 36.8 Å². The van der Waals surface area contributed by atoms with Gasteiger partial charge in [0.2, 0.25) is 0 Å². The van der Waals surface area contributed by atoms with E-state index in [1.807, 2.05) is 29.2 Å². The third kappa shape index (κ3) is 4.43. The highest BCUT2D eigenvalue weighted by Crippen LogP contribution is 2.12. The lowest BCUT2D eigenvalue weighted by atomic mass is 10.2. The second-order valence-electron chi connectivity index (χ2n) is 4.91. The van der Waals surface area contributed by atoms with Gasteiger partial charge in [-0.15, -0.1) is 11.6 Å². The van der Waals surface area contributed by atoms with E-state index in [0.29, 0.717) is 12.5 Å². The molecule has 0 bridgehead atoms. The standard InChI is InChI=1S/C15H20ClNO2/c16-11-13-5-7-14(8-6-13)12-19-15(18)17-9-3-1-2-4-10-17/h5-8H,1-4,9-12H2. The second-order valence-corrected chi connectivity index (χ2v) is 5.17. The van der Waals surface area contributed by atoms with Crippen molar-refractivity contribution >= 4 is 17.7 Å². The molecule has 0 spiro atoms. The molecule has 1 aromatic rings. The summed E-state index contributed by atoms with van der Waals surface area (Å²) in [6.45, 7) is 1.98. The fourth-order valence-corrected chi connectivity index (χ4v) is 2.39. The number of ether oxygens (including phenoxy) is 1. The van der Waals surface area contributed by atoms with Crippen LogP contribution in [0.2, 0.25) is 0 Å². The summed E-state index contributed by atoms with van der Waals surface area (Å²) in [5, 5.41) is 0. The van der Waals surface area contributed by atoms with Crippen LogP contribution in [-0.2, 0) is 17.2 Å². The van der Waals surface area contributed by atoms with Crippen molar-refractivity contribution < 1.29 is 9.53 Å². The Morgan fingerprint density at radius 1 is 1.05 bits per heavy atom. The SMILES string of the molecule is O=C(OCc1ccc(CCl)cc1)N1CCCCCC1. The first-order valence-electron chi connectivity index (χ1n) is 6.85. The van der Waals surface area contributed by atoms with E-state index in [2.05, 4.69) is 0 Å². The maximum absolute atomic E-state index is 11.9. The average Bonchev–Trinajstić information content (AvgIpc) is 2.74.